The Balaban J connectivity index is 1.58. The van der Waals surface area contributed by atoms with E-state index in [1.165, 1.54) is 40.0 Å². The summed E-state index contributed by atoms with van der Waals surface area (Å²) in [5.74, 6) is 0.170. The van der Waals surface area contributed by atoms with Crippen molar-refractivity contribution in [1.29, 1.82) is 0 Å². The van der Waals surface area contributed by atoms with Gasteiger partial charge in [-0.15, -0.1) is 22.7 Å². The van der Waals surface area contributed by atoms with Crippen molar-refractivity contribution in [3.63, 3.8) is 0 Å². The van der Waals surface area contributed by atoms with Crippen molar-refractivity contribution >= 4 is 33.6 Å². The van der Waals surface area contributed by atoms with Crippen molar-refractivity contribution in [1.82, 2.24) is 4.90 Å². The molecule has 1 aliphatic heterocycles. The fourth-order valence-corrected chi connectivity index (χ4v) is 6.52. The maximum absolute atomic E-state index is 12.8. The first kappa shape index (κ1) is 19.1. The van der Waals surface area contributed by atoms with E-state index >= 15 is 0 Å². The molecule has 3 aromatic rings. The van der Waals surface area contributed by atoms with Crippen LogP contribution in [0.3, 0.4) is 0 Å². The van der Waals surface area contributed by atoms with Crippen LogP contribution in [0.4, 0.5) is 5.00 Å². The summed E-state index contributed by atoms with van der Waals surface area (Å²) in [6.45, 7) is 3.31. The number of hydrogen-bond acceptors (Lipinski definition) is 6. The number of ether oxygens (including phenoxy) is 1. The minimum absolute atomic E-state index is 0.156. The third-order valence-corrected chi connectivity index (χ3v) is 7.83. The molecule has 1 amide bonds. The van der Waals surface area contributed by atoms with Crippen LogP contribution in [0.5, 0.6) is 0 Å². The normalized spacial score (nSPS) is 18.3. The van der Waals surface area contributed by atoms with E-state index < -0.39 is 0 Å². The van der Waals surface area contributed by atoms with Crippen molar-refractivity contribution < 1.29 is 13.9 Å². The molecule has 1 aliphatic carbocycles. The molecule has 5 rings (SSSR count). The molecule has 2 aliphatic rings. The van der Waals surface area contributed by atoms with E-state index in [-0.39, 0.29) is 11.9 Å². The van der Waals surface area contributed by atoms with Crippen molar-refractivity contribution in [2.75, 3.05) is 31.6 Å². The number of morpholine rings is 1. The second-order valence-electron chi connectivity index (χ2n) is 7.45. The van der Waals surface area contributed by atoms with E-state index in [0.717, 1.165) is 44.1 Å². The van der Waals surface area contributed by atoms with Gasteiger partial charge in [-0.1, -0.05) is 6.07 Å². The summed E-state index contributed by atoms with van der Waals surface area (Å²) < 4.78 is 10.9. The summed E-state index contributed by atoms with van der Waals surface area (Å²) in [7, 11) is 0. The molecule has 0 spiro atoms. The number of rotatable bonds is 5. The number of nitrogens with one attached hydrogen (secondary N) is 1. The number of hydrogen-bond donors (Lipinski definition) is 1. The van der Waals surface area contributed by atoms with E-state index in [1.54, 1.807) is 34.8 Å². The van der Waals surface area contributed by atoms with Crippen LogP contribution in [-0.4, -0.2) is 37.1 Å². The van der Waals surface area contributed by atoms with Gasteiger partial charge in [0, 0.05) is 28.4 Å². The predicted octanol–water partition coefficient (Wildman–Crippen LogP) is 4.96. The topological polar surface area (TPSA) is 54.7 Å². The molecule has 29 heavy (non-hydrogen) atoms. The van der Waals surface area contributed by atoms with E-state index in [2.05, 4.69) is 27.7 Å². The minimum Gasteiger partial charge on any atom is -0.459 e. The number of nitrogens with zero attached hydrogens (tertiary/aromatic N) is 1. The van der Waals surface area contributed by atoms with Crippen molar-refractivity contribution in [3.05, 3.63) is 62.6 Å². The molecular formula is C22H24N2O3S2. The SMILES string of the molecule is O=C(Nc1sc2c(c1[C@@H](c1cccs1)N1CCOCC1)CCCC2)c1ccco1. The molecule has 7 heteroatoms. The van der Waals surface area contributed by atoms with Crippen molar-refractivity contribution in [3.8, 4) is 0 Å². The first-order chi connectivity index (χ1) is 14.3. The number of aryl methyl sites for hydroxylation is 1. The lowest BCUT2D eigenvalue weighted by molar-refractivity contribution is 0.0245. The van der Waals surface area contributed by atoms with E-state index in [1.807, 2.05) is 0 Å². The maximum atomic E-state index is 12.8. The van der Waals surface area contributed by atoms with Gasteiger partial charge in [-0.2, -0.15) is 0 Å². The summed E-state index contributed by atoms with van der Waals surface area (Å²) in [5.41, 5.74) is 2.73. The third-order valence-electron chi connectivity index (χ3n) is 5.68. The zero-order valence-electron chi connectivity index (χ0n) is 16.2. The van der Waals surface area contributed by atoms with Crippen molar-refractivity contribution in [2.24, 2.45) is 0 Å². The second kappa shape index (κ2) is 8.44. The zero-order chi connectivity index (χ0) is 19.6. The Morgan fingerprint density at radius 2 is 2.00 bits per heavy atom. The number of anilines is 1. The largest absolute Gasteiger partial charge is 0.459 e. The molecule has 0 saturated carbocycles. The van der Waals surface area contributed by atoms with Crippen LogP contribution in [0.2, 0.25) is 0 Å². The molecule has 0 radical (unpaired) electrons. The van der Waals surface area contributed by atoms with Gasteiger partial charge in [-0.3, -0.25) is 9.69 Å². The first-order valence-corrected chi connectivity index (χ1v) is 11.9. The highest BCUT2D eigenvalue weighted by atomic mass is 32.1. The van der Waals surface area contributed by atoms with Gasteiger partial charge in [-0.25, -0.2) is 0 Å². The maximum Gasteiger partial charge on any atom is 0.291 e. The van der Waals surface area contributed by atoms with Crippen LogP contribution in [-0.2, 0) is 17.6 Å². The number of fused-ring (bicyclic) bond motifs is 1. The zero-order valence-corrected chi connectivity index (χ0v) is 17.8. The molecular weight excluding hydrogens is 404 g/mol. The summed E-state index contributed by atoms with van der Waals surface area (Å²) >= 11 is 3.54. The number of carbonyl (C=O) groups excluding carboxylic acids is 1. The quantitative estimate of drug-likeness (QED) is 0.624. The van der Waals surface area contributed by atoms with Crippen LogP contribution >= 0.6 is 22.7 Å². The van der Waals surface area contributed by atoms with Gasteiger partial charge in [0.05, 0.1) is 25.5 Å². The van der Waals surface area contributed by atoms with Gasteiger partial charge >= 0.3 is 0 Å². The molecule has 1 N–H and O–H groups in total. The highest BCUT2D eigenvalue weighted by molar-refractivity contribution is 7.16. The summed E-state index contributed by atoms with van der Waals surface area (Å²) in [5, 5.41) is 6.30. The van der Waals surface area contributed by atoms with Crippen LogP contribution in [0.25, 0.3) is 0 Å². The molecule has 0 aromatic carbocycles. The molecule has 0 unspecified atom stereocenters. The number of amides is 1. The Kier molecular flexibility index (Phi) is 5.54. The van der Waals surface area contributed by atoms with Gasteiger partial charge in [-0.05, 0) is 54.8 Å². The lowest BCUT2D eigenvalue weighted by Gasteiger charge is -2.35. The van der Waals surface area contributed by atoms with E-state index in [9.17, 15) is 4.79 Å². The molecule has 4 heterocycles. The molecule has 3 aromatic heterocycles. The van der Waals surface area contributed by atoms with Gasteiger partial charge in [0.15, 0.2) is 5.76 Å². The van der Waals surface area contributed by atoms with Crippen LogP contribution in [0, 0.1) is 0 Å². The average Bonchev–Trinajstić information content (AvgIpc) is 3.52. The molecule has 1 saturated heterocycles. The number of thiophene rings is 2. The Labute approximate surface area is 178 Å². The van der Waals surface area contributed by atoms with Gasteiger partial charge in [0.25, 0.3) is 5.91 Å². The molecule has 0 bridgehead atoms. The fourth-order valence-electron chi connectivity index (χ4n) is 4.33. The monoisotopic (exact) mass is 428 g/mol. The lowest BCUT2D eigenvalue weighted by Crippen LogP contribution is -2.39. The van der Waals surface area contributed by atoms with Crippen LogP contribution in [0.1, 0.15) is 50.3 Å². The van der Waals surface area contributed by atoms with E-state index in [0.29, 0.717) is 5.76 Å². The second-order valence-corrected chi connectivity index (χ2v) is 9.54. The molecule has 1 atom stereocenters. The van der Waals surface area contributed by atoms with E-state index in [4.69, 9.17) is 9.15 Å². The highest BCUT2D eigenvalue weighted by Gasteiger charge is 2.33. The van der Waals surface area contributed by atoms with Gasteiger partial charge in [0.1, 0.15) is 5.00 Å². The fraction of sp³-hybridized carbons (Fsp3) is 0.409. The highest BCUT2D eigenvalue weighted by Crippen LogP contribution is 2.46. The Morgan fingerprint density at radius 3 is 2.76 bits per heavy atom. The van der Waals surface area contributed by atoms with Gasteiger partial charge < -0.3 is 14.5 Å². The smallest absolute Gasteiger partial charge is 0.291 e. The number of furan rings is 1. The molecule has 152 valence electrons. The summed E-state index contributed by atoms with van der Waals surface area (Å²) in [6.07, 6.45) is 6.16. The predicted molar refractivity (Wildman–Crippen MR) is 116 cm³/mol. The standard InChI is InChI=1S/C22H24N2O3S2/c25-21(16-6-3-11-27-16)23-22-19(15-5-1-2-7-17(15)29-22)20(18-8-4-14-28-18)24-9-12-26-13-10-24/h3-4,6,8,11,14,20H,1-2,5,7,9-10,12-13H2,(H,23,25)/t20-/m1/s1. The Bertz CT molecular complexity index is 957. The third kappa shape index (κ3) is 3.80. The molecule has 5 nitrogen and oxygen atoms in total. The summed E-state index contributed by atoms with van der Waals surface area (Å²) in [6, 6.07) is 7.95. The van der Waals surface area contributed by atoms with Crippen LogP contribution in [0.15, 0.2) is 40.3 Å². The Hall–Kier alpha value is -1.93. The average molecular weight is 429 g/mol. The lowest BCUT2D eigenvalue weighted by atomic mass is 9.91. The minimum atomic E-state index is -0.179. The Morgan fingerprint density at radius 1 is 1.14 bits per heavy atom. The first-order valence-electron chi connectivity index (χ1n) is 10.2. The van der Waals surface area contributed by atoms with Crippen LogP contribution < -0.4 is 5.32 Å². The number of carbonyl (C=O) groups is 1. The summed E-state index contributed by atoms with van der Waals surface area (Å²) in [4.78, 5) is 18.1. The van der Waals surface area contributed by atoms with Gasteiger partial charge in [0.2, 0.25) is 0 Å². The molecule has 1 fully saturated rings. The van der Waals surface area contributed by atoms with Crippen molar-refractivity contribution in [2.45, 2.75) is 31.7 Å².